The highest BCUT2D eigenvalue weighted by molar-refractivity contribution is 5.95. The number of methoxy groups -OCH3 is 3. The Morgan fingerprint density at radius 2 is 1.59 bits per heavy atom. The molecule has 7 nitrogen and oxygen atoms in total. The summed E-state index contributed by atoms with van der Waals surface area (Å²) in [7, 11) is 4.59. The van der Waals surface area contributed by atoms with Crippen molar-refractivity contribution in [1.29, 1.82) is 0 Å². The third kappa shape index (κ3) is 5.52. The Labute approximate surface area is 189 Å². The van der Waals surface area contributed by atoms with Crippen LogP contribution in [0.25, 0.3) is 0 Å². The van der Waals surface area contributed by atoms with Gasteiger partial charge in [-0.2, -0.15) is 0 Å². The fourth-order valence-corrected chi connectivity index (χ4v) is 4.11. The van der Waals surface area contributed by atoms with Crippen molar-refractivity contribution in [2.24, 2.45) is 5.92 Å². The molecule has 2 aromatic rings. The van der Waals surface area contributed by atoms with Gasteiger partial charge in [-0.15, -0.1) is 0 Å². The van der Waals surface area contributed by atoms with Crippen molar-refractivity contribution in [1.82, 2.24) is 10.2 Å². The zero-order chi connectivity index (χ0) is 23.1. The molecule has 1 N–H and O–H groups in total. The highest BCUT2D eigenvalue weighted by Gasteiger charge is 2.27. The zero-order valence-corrected chi connectivity index (χ0v) is 19.2. The number of ether oxygens (including phenoxy) is 3. The van der Waals surface area contributed by atoms with Gasteiger partial charge >= 0.3 is 0 Å². The van der Waals surface area contributed by atoms with Crippen molar-refractivity contribution in [3.05, 3.63) is 53.6 Å². The molecule has 1 heterocycles. The van der Waals surface area contributed by atoms with Gasteiger partial charge in [0.15, 0.2) is 11.5 Å². The lowest BCUT2D eigenvalue weighted by Crippen LogP contribution is -2.39. The van der Waals surface area contributed by atoms with Crippen LogP contribution in [0, 0.1) is 5.92 Å². The normalized spacial score (nSPS) is 15.1. The summed E-state index contributed by atoms with van der Waals surface area (Å²) in [6.07, 6.45) is 2.07. The molecule has 7 heteroatoms. The maximum Gasteiger partial charge on any atom is 0.254 e. The Balaban J connectivity index is 1.55. The van der Waals surface area contributed by atoms with E-state index in [-0.39, 0.29) is 23.8 Å². The Morgan fingerprint density at radius 1 is 1.00 bits per heavy atom. The number of rotatable bonds is 8. The minimum absolute atomic E-state index is 0.0228. The molecule has 0 bridgehead atoms. The average molecular weight is 441 g/mol. The molecule has 0 spiro atoms. The van der Waals surface area contributed by atoms with Crippen LogP contribution in [0.5, 0.6) is 17.2 Å². The lowest BCUT2D eigenvalue weighted by molar-refractivity contribution is -0.122. The van der Waals surface area contributed by atoms with E-state index < -0.39 is 0 Å². The van der Waals surface area contributed by atoms with E-state index in [4.69, 9.17) is 14.2 Å². The summed E-state index contributed by atoms with van der Waals surface area (Å²) in [5, 5.41) is 3.08. The molecule has 1 fully saturated rings. The number of piperidine rings is 1. The van der Waals surface area contributed by atoms with Crippen LogP contribution in [-0.4, -0.2) is 51.1 Å². The molecule has 32 heavy (non-hydrogen) atoms. The van der Waals surface area contributed by atoms with Crippen LogP contribution >= 0.6 is 0 Å². The number of carbonyl (C=O) groups excluding carboxylic acids is 2. The maximum absolute atomic E-state index is 13.1. The molecule has 0 radical (unpaired) electrons. The second-order valence-corrected chi connectivity index (χ2v) is 8.05. The predicted molar refractivity (Wildman–Crippen MR) is 122 cm³/mol. The van der Waals surface area contributed by atoms with E-state index in [9.17, 15) is 9.59 Å². The van der Waals surface area contributed by atoms with Crippen molar-refractivity contribution in [2.45, 2.75) is 32.2 Å². The van der Waals surface area contributed by atoms with Gasteiger partial charge in [-0.25, -0.2) is 0 Å². The predicted octanol–water partition coefficient (Wildman–Crippen LogP) is 3.83. The molecule has 0 aromatic heterocycles. The second kappa shape index (κ2) is 10.9. The summed E-state index contributed by atoms with van der Waals surface area (Å²) < 4.78 is 16.1. The number of nitrogens with zero attached hydrogens (tertiary/aromatic N) is 1. The first-order valence-corrected chi connectivity index (χ1v) is 10.9. The van der Waals surface area contributed by atoms with Gasteiger partial charge in [0, 0.05) is 25.1 Å². The van der Waals surface area contributed by atoms with Gasteiger partial charge in [-0.1, -0.05) is 30.3 Å². The van der Waals surface area contributed by atoms with Crippen LogP contribution in [0.1, 0.15) is 48.1 Å². The third-order valence-electron chi connectivity index (χ3n) is 5.96. The van der Waals surface area contributed by atoms with Gasteiger partial charge in [0.1, 0.15) is 0 Å². The average Bonchev–Trinajstić information content (AvgIpc) is 2.83. The molecule has 1 aliphatic rings. The Morgan fingerprint density at radius 3 is 2.12 bits per heavy atom. The van der Waals surface area contributed by atoms with Crippen LogP contribution in [-0.2, 0) is 4.79 Å². The fourth-order valence-electron chi connectivity index (χ4n) is 4.11. The van der Waals surface area contributed by atoms with E-state index in [1.807, 2.05) is 42.2 Å². The molecule has 0 unspecified atom stereocenters. The summed E-state index contributed by atoms with van der Waals surface area (Å²) in [6.45, 7) is 3.22. The van der Waals surface area contributed by atoms with Gasteiger partial charge in [-0.3, -0.25) is 9.59 Å². The standard InChI is InChI=1S/C25H32N2O5/c1-17(19-8-6-5-7-9-19)26-23(28)14-18-10-12-27(13-11-18)25(29)20-15-21(30-2)24(32-4)22(16-20)31-3/h5-9,15-18H,10-14H2,1-4H3,(H,26,28)/t17-/m1/s1. The summed E-state index contributed by atoms with van der Waals surface area (Å²) >= 11 is 0. The van der Waals surface area contributed by atoms with E-state index in [1.54, 1.807) is 12.1 Å². The van der Waals surface area contributed by atoms with Crippen LogP contribution in [0.2, 0.25) is 0 Å². The minimum Gasteiger partial charge on any atom is -0.493 e. The number of likely N-dealkylation sites (tertiary alicyclic amines) is 1. The van der Waals surface area contributed by atoms with Gasteiger partial charge < -0.3 is 24.4 Å². The molecule has 1 aliphatic heterocycles. The summed E-state index contributed by atoms with van der Waals surface area (Å²) in [4.78, 5) is 27.4. The molecular formula is C25H32N2O5. The van der Waals surface area contributed by atoms with Crippen LogP contribution in [0.15, 0.2) is 42.5 Å². The Bertz CT molecular complexity index is 898. The van der Waals surface area contributed by atoms with Crippen molar-refractivity contribution in [2.75, 3.05) is 34.4 Å². The fraction of sp³-hybridized carbons (Fsp3) is 0.440. The molecule has 3 rings (SSSR count). The number of hydrogen-bond donors (Lipinski definition) is 1. The van der Waals surface area contributed by atoms with Crippen molar-refractivity contribution < 1.29 is 23.8 Å². The SMILES string of the molecule is COc1cc(C(=O)N2CCC(CC(=O)N[C@H](C)c3ccccc3)CC2)cc(OC)c1OC. The van der Waals surface area contributed by atoms with Gasteiger partial charge in [0.05, 0.1) is 27.4 Å². The Hall–Kier alpha value is -3.22. The van der Waals surface area contributed by atoms with E-state index in [0.717, 1.165) is 18.4 Å². The van der Waals surface area contributed by atoms with Crippen molar-refractivity contribution in [3.8, 4) is 17.2 Å². The lowest BCUT2D eigenvalue weighted by Gasteiger charge is -2.32. The molecular weight excluding hydrogens is 408 g/mol. The Kier molecular flexibility index (Phi) is 7.98. The number of amides is 2. The molecule has 1 saturated heterocycles. The number of benzene rings is 2. The van der Waals surface area contributed by atoms with Gasteiger partial charge in [0.25, 0.3) is 5.91 Å². The summed E-state index contributed by atoms with van der Waals surface area (Å²) in [5.41, 5.74) is 1.58. The highest BCUT2D eigenvalue weighted by atomic mass is 16.5. The van der Waals surface area contributed by atoms with Crippen LogP contribution in [0.3, 0.4) is 0 Å². The molecule has 172 valence electrons. The first-order chi connectivity index (χ1) is 15.5. The van der Waals surface area contributed by atoms with Crippen molar-refractivity contribution >= 4 is 11.8 Å². The molecule has 0 aliphatic carbocycles. The summed E-state index contributed by atoms with van der Waals surface area (Å²) in [6, 6.07) is 13.3. The van der Waals surface area contributed by atoms with E-state index in [0.29, 0.717) is 42.3 Å². The maximum atomic E-state index is 13.1. The quantitative estimate of drug-likeness (QED) is 0.675. The molecule has 2 aromatic carbocycles. The first-order valence-electron chi connectivity index (χ1n) is 10.9. The van der Waals surface area contributed by atoms with Gasteiger partial charge in [0.2, 0.25) is 11.7 Å². The first kappa shape index (κ1) is 23.4. The second-order valence-electron chi connectivity index (χ2n) is 8.05. The number of hydrogen-bond acceptors (Lipinski definition) is 5. The smallest absolute Gasteiger partial charge is 0.254 e. The molecule has 2 amide bonds. The third-order valence-corrected chi connectivity index (χ3v) is 5.96. The van der Waals surface area contributed by atoms with E-state index >= 15 is 0 Å². The minimum atomic E-state index is -0.0788. The van der Waals surface area contributed by atoms with Crippen LogP contribution < -0.4 is 19.5 Å². The van der Waals surface area contributed by atoms with E-state index in [2.05, 4.69) is 5.32 Å². The topological polar surface area (TPSA) is 77.1 Å². The number of nitrogens with one attached hydrogen (secondary N) is 1. The zero-order valence-electron chi connectivity index (χ0n) is 19.2. The van der Waals surface area contributed by atoms with E-state index in [1.165, 1.54) is 21.3 Å². The monoisotopic (exact) mass is 440 g/mol. The van der Waals surface area contributed by atoms with Crippen molar-refractivity contribution in [3.63, 3.8) is 0 Å². The van der Waals surface area contributed by atoms with Crippen LogP contribution in [0.4, 0.5) is 0 Å². The molecule has 1 atom stereocenters. The lowest BCUT2D eigenvalue weighted by atomic mass is 9.92. The number of carbonyl (C=O) groups is 2. The van der Waals surface area contributed by atoms with Gasteiger partial charge in [-0.05, 0) is 43.4 Å². The summed E-state index contributed by atoms with van der Waals surface area (Å²) in [5.74, 6) is 1.60. The highest BCUT2D eigenvalue weighted by Crippen LogP contribution is 2.38. The molecule has 0 saturated carbocycles. The largest absolute Gasteiger partial charge is 0.493 e.